The van der Waals surface area contributed by atoms with Gasteiger partial charge >= 0.3 is 5.97 Å². The van der Waals surface area contributed by atoms with E-state index >= 15 is 0 Å². The topological polar surface area (TPSA) is 57.1 Å². The van der Waals surface area contributed by atoms with Crippen LogP contribution in [0.5, 0.6) is 11.5 Å². The monoisotopic (exact) mass is 501 g/mol. The van der Waals surface area contributed by atoms with Crippen LogP contribution in [-0.4, -0.2) is 18.5 Å². The first-order valence-electron chi connectivity index (χ1n) is 10.1. The average Bonchev–Trinajstić information content (AvgIpc) is 3.16. The molecule has 5 nitrogen and oxygen atoms in total. The molecule has 0 saturated carbocycles. The number of cyclic esters (lactones) is 1. The highest BCUT2D eigenvalue weighted by molar-refractivity contribution is 6.42. The summed E-state index contributed by atoms with van der Waals surface area (Å²) >= 11 is 18.2. The van der Waals surface area contributed by atoms with Gasteiger partial charge in [-0.2, -0.15) is 0 Å². The average molecular weight is 503 g/mol. The predicted molar refractivity (Wildman–Crippen MR) is 130 cm³/mol. The van der Waals surface area contributed by atoms with Gasteiger partial charge < -0.3 is 14.2 Å². The van der Waals surface area contributed by atoms with Crippen LogP contribution in [0.15, 0.2) is 71.4 Å². The zero-order chi connectivity index (χ0) is 23.4. The number of halogens is 3. The Hall–Kier alpha value is -2.99. The molecule has 0 bridgehead atoms. The first kappa shape index (κ1) is 23.2. The van der Waals surface area contributed by atoms with Gasteiger partial charge in [0.05, 0.1) is 27.2 Å². The second-order valence-corrected chi connectivity index (χ2v) is 8.21. The summed E-state index contributed by atoms with van der Waals surface area (Å²) in [5, 5.41) is 1.40. The van der Waals surface area contributed by atoms with Gasteiger partial charge in [-0.1, -0.05) is 59.1 Å². The Balaban J connectivity index is 1.56. The van der Waals surface area contributed by atoms with Crippen LogP contribution in [0.3, 0.4) is 0 Å². The number of benzene rings is 3. The fourth-order valence-corrected chi connectivity index (χ4v) is 3.65. The fraction of sp³-hybridized carbons (Fsp3) is 0.120. The van der Waals surface area contributed by atoms with E-state index in [1.807, 2.05) is 13.0 Å². The first-order chi connectivity index (χ1) is 15.9. The van der Waals surface area contributed by atoms with Crippen molar-refractivity contribution in [3.63, 3.8) is 0 Å². The molecule has 8 heteroatoms. The Morgan fingerprint density at radius 2 is 1.73 bits per heavy atom. The third-order valence-corrected chi connectivity index (χ3v) is 5.74. The van der Waals surface area contributed by atoms with Crippen molar-refractivity contribution in [1.29, 1.82) is 0 Å². The molecule has 0 saturated heterocycles. The second kappa shape index (κ2) is 10.3. The third kappa shape index (κ3) is 5.50. The number of hydrogen-bond donors (Lipinski definition) is 0. The smallest absolute Gasteiger partial charge is 0.363 e. The maximum atomic E-state index is 12.3. The largest absolute Gasteiger partial charge is 0.490 e. The molecule has 0 amide bonds. The molecule has 0 atom stereocenters. The highest BCUT2D eigenvalue weighted by atomic mass is 35.5. The van der Waals surface area contributed by atoms with Crippen LogP contribution in [0.1, 0.15) is 23.6 Å². The minimum absolute atomic E-state index is 0.164. The molecule has 0 aliphatic carbocycles. The second-order valence-electron chi connectivity index (χ2n) is 6.99. The first-order valence-corrected chi connectivity index (χ1v) is 11.2. The highest BCUT2D eigenvalue weighted by Crippen LogP contribution is 2.32. The van der Waals surface area contributed by atoms with Crippen molar-refractivity contribution in [3.8, 4) is 11.5 Å². The van der Waals surface area contributed by atoms with E-state index < -0.39 is 5.97 Å². The Bertz CT molecular complexity index is 1270. The molecule has 1 aliphatic rings. The van der Waals surface area contributed by atoms with Crippen molar-refractivity contribution in [1.82, 2.24) is 0 Å². The summed E-state index contributed by atoms with van der Waals surface area (Å²) in [7, 11) is 0. The summed E-state index contributed by atoms with van der Waals surface area (Å²) in [6, 6.07) is 17.7. The number of hydrogen-bond acceptors (Lipinski definition) is 5. The van der Waals surface area contributed by atoms with E-state index in [1.54, 1.807) is 60.7 Å². The molecular weight excluding hydrogens is 485 g/mol. The van der Waals surface area contributed by atoms with Gasteiger partial charge in [0, 0.05) is 0 Å². The van der Waals surface area contributed by atoms with Crippen LogP contribution >= 0.6 is 34.8 Å². The van der Waals surface area contributed by atoms with Gasteiger partial charge in [-0.3, -0.25) is 0 Å². The van der Waals surface area contributed by atoms with Gasteiger partial charge in [0.25, 0.3) is 0 Å². The summed E-state index contributed by atoms with van der Waals surface area (Å²) in [6.07, 6.45) is 1.62. The van der Waals surface area contributed by atoms with Crippen LogP contribution in [0.4, 0.5) is 0 Å². The number of esters is 1. The lowest BCUT2D eigenvalue weighted by molar-refractivity contribution is -0.129. The number of rotatable bonds is 7. The lowest BCUT2D eigenvalue weighted by Gasteiger charge is -2.13. The molecule has 0 aromatic heterocycles. The van der Waals surface area contributed by atoms with E-state index in [9.17, 15) is 4.79 Å². The molecule has 1 heterocycles. The van der Waals surface area contributed by atoms with Crippen molar-refractivity contribution in [2.75, 3.05) is 6.61 Å². The number of aliphatic imine (C=N–C) groups is 1. The third-order valence-electron chi connectivity index (χ3n) is 4.67. The van der Waals surface area contributed by atoms with Crippen molar-refractivity contribution < 1.29 is 19.0 Å². The van der Waals surface area contributed by atoms with Gasteiger partial charge in [-0.05, 0) is 60.5 Å². The molecular formula is C25H18Cl3NO4. The predicted octanol–water partition coefficient (Wildman–Crippen LogP) is 6.97. The van der Waals surface area contributed by atoms with Gasteiger partial charge in [-0.15, -0.1) is 0 Å². The van der Waals surface area contributed by atoms with E-state index in [4.69, 9.17) is 49.0 Å². The van der Waals surface area contributed by atoms with Crippen LogP contribution < -0.4 is 9.47 Å². The SMILES string of the molecule is CCOc1cc(/C=C2\N=C(c3ccccc3Cl)OC2=O)ccc1OCc1ccc(Cl)c(Cl)c1. The number of nitrogens with zero attached hydrogens (tertiary/aromatic N) is 1. The molecule has 0 spiro atoms. The fourth-order valence-electron chi connectivity index (χ4n) is 3.11. The molecule has 4 rings (SSSR count). The molecule has 33 heavy (non-hydrogen) atoms. The molecule has 1 aliphatic heterocycles. The Kier molecular flexibility index (Phi) is 7.23. The maximum absolute atomic E-state index is 12.3. The zero-order valence-corrected chi connectivity index (χ0v) is 19.7. The minimum atomic E-state index is -0.553. The van der Waals surface area contributed by atoms with Crippen molar-refractivity contribution in [2.45, 2.75) is 13.5 Å². The van der Waals surface area contributed by atoms with E-state index in [0.29, 0.717) is 44.3 Å². The van der Waals surface area contributed by atoms with Crippen molar-refractivity contribution in [3.05, 3.63) is 98.1 Å². The molecule has 0 radical (unpaired) electrons. The standard InChI is InChI=1S/C25H18Cl3NO4/c1-2-31-23-13-15(8-10-22(23)32-14-16-7-9-19(27)20(28)11-16)12-21-25(30)33-24(29-21)17-5-3-4-6-18(17)26/h3-13H,2,14H2,1H3/b21-12-. The summed E-state index contributed by atoms with van der Waals surface area (Å²) in [5.74, 6) is 0.708. The maximum Gasteiger partial charge on any atom is 0.363 e. The van der Waals surface area contributed by atoms with Gasteiger partial charge in [0.1, 0.15) is 6.61 Å². The van der Waals surface area contributed by atoms with Gasteiger partial charge in [0.15, 0.2) is 17.2 Å². The Labute approximate surface area is 206 Å². The van der Waals surface area contributed by atoms with E-state index in [1.165, 1.54) is 0 Å². The minimum Gasteiger partial charge on any atom is -0.490 e. The van der Waals surface area contributed by atoms with Crippen molar-refractivity contribution in [2.24, 2.45) is 4.99 Å². The van der Waals surface area contributed by atoms with Crippen LogP contribution in [0.25, 0.3) is 6.08 Å². The number of carbonyl (C=O) groups excluding carboxylic acids is 1. The van der Waals surface area contributed by atoms with E-state index in [2.05, 4.69) is 4.99 Å². The van der Waals surface area contributed by atoms with E-state index in [-0.39, 0.29) is 18.2 Å². The summed E-state index contributed by atoms with van der Waals surface area (Å²) < 4.78 is 17.0. The molecule has 0 fully saturated rings. The van der Waals surface area contributed by atoms with Gasteiger partial charge in [-0.25, -0.2) is 9.79 Å². The van der Waals surface area contributed by atoms with Crippen molar-refractivity contribution >= 4 is 52.7 Å². The van der Waals surface area contributed by atoms with Crippen LogP contribution in [0.2, 0.25) is 15.1 Å². The summed E-state index contributed by atoms with van der Waals surface area (Å²) in [6.45, 7) is 2.61. The molecule has 0 unspecified atom stereocenters. The van der Waals surface area contributed by atoms with Crippen LogP contribution in [-0.2, 0) is 16.1 Å². The summed E-state index contributed by atoms with van der Waals surface area (Å²) in [4.78, 5) is 16.6. The molecule has 3 aromatic carbocycles. The van der Waals surface area contributed by atoms with Crippen LogP contribution in [0, 0.1) is 0 Å². The lowest BCUT2D eigenvalue weighted by atomic mass is 10.1. The number of ether oxygens (including phenoxy) is 3. The highest BCUT2D eigenvalue weighted by Gasteiger charge is 2.25. The summed E-state index contributed by atoms with van der Waals surface area (Å²) in [5.41, 5.74) is 2.29. The quantitative estimate of drug-likeness (QED) is 0.259. The zero-order valence-electron chi connectivity index (χ0n) is 17.5. The number of carbonyl (C=O) groups is 1. The molecule has 168 valence electrons. The Morgan fingerprint density at radius 3 is 2.48 bits per heavy atom. The lowest BCUT2D eigenvalue weighted by Crippen LogP contribution is -2.05. The van der Waals surface area contributed by atoms with E-state index in [0.717, 1.165) is 5.56 Å². The Morgan fingerprint density at radius 1 is 0.909 bits per heavy atom. The molecule has 0 N–H and O–H groups in total. The molecule has 3 aromatic rings. The normalized spacial score (nSPS) is 14.2. The van der Waals surface area contributed by atoms with Gasteiger partial charge in [0.2, 0.25) is 5.90 Å².